The smallest absolute Gasteiger partial charge is 0.255 e. The Bertz CT molecular complexity index is 958. The highest BCUT2D eigenvalue weighted by Gasteiger charge is 2.11. The Morgan fingerprint density at radius 1 is 0.778 bits per heavy atom. The van der Waals surface area contributed by atoms with E-state index in [4.69, 9.17) is 23.2 Å². The van der Waals surface area contributed by atoms with Crippen molar-refractivity contribution in [1.82, 2.24) is 5.32 Å². The van der Waals surface area contributed by atoms with Gasteiger partial charge in [-0.2, -0.15) is 0 Å². The summed E-state index contributed by atoms with van der Waals surface area (Å²) in [6.07, 6.45) is 0. The molecule has 0 saturated carbocycles. The van der Waals surface area contributed by atoms with Gasteiger partial charge in [-0.05, 0) is 48.0 Å². The van der Waals surface area contributed by atoms with Crippen molar-refractivity contribution in [2.45, 2.75) is 6.54 Å². The monoisotopic (exact) mass is 398 g/mol. The molecule has 4 nitrogen and oxygen atoms in total. The van der Waals surface area contributed by atoms with Crippen molar-refractivity contribution >= 4 is 40.7 Å². The van der Waals surface area contributed by atoms with E-state index in [1.165, 1.54) is 0 Å². The van der Waals surface area contributed by atoms with Crippen LogP contribution < -0.4 is 10.6 Å². The predicted octanol–water partition coefficient (Wildman–Crippen LogP) is 5.18. The number of anilines is 1. The van der Waals surface area contributed by atoms with Gasteiger partial charge < -0.3 is 10.6 Å². The van der Waals surface area contributed by atoms with E-state index in [2.05, 4.69) is 10.6 Å². The number of carbonyl (C=O) groups is 2. The zero-order valence-electron chi connectivity index (χ0n) is 14.2. The van der Waals surface area contributed by atoms with Crippen molar-refractivity contribution in [3.8, 4) is 0 Å². The summed E-state index contributed by atoms with van der Waals surface area (Å²) in [5, 5.41) is 6.41. The largest absolute Gasteiger partial charge is 0.348 e. The van der Waals surface area contributed by atoms with Crippen LogP contribution >= 0.6 is 23.2 Å². The Morgan fingerprint density at radius 3 is 2.04 bits per heavy atom. The maximum Gasteiger partial charge on any atom is 0.255 e. The van der Waals surface area contributed by atoms with E-state index in [1.54, 1.807) is 42.5 Å². The van der Waals surface area contributed by atoms with Crippen molar-refractivity contribution < 1.29 is 9.59 Å². The molecule has 0 aromatic heterocycles. The second kappa shape index (κ2) is 8.71. The first-order valence-corrected chi connectivity index (χ1v) is 8.97. The standard InChI is InChI=1S/C21H16Cl2N2O2/c22-17-10-11-19(18(23)12-17)25-21(27)16-8-6-15(7-9-16)20(26)24-13-14-4-2-1-3-5-14/h1-12H,13H2,(H,24,26)(H,25,27). The summed E-state index contributed by atoms with van der Waals surface area (Å²) in [6.45, 7) is 0.441. The third kappa shape index (κ3) is 5.09. The summed E-state index contributed by atoms with van der Waals surface area (Å²) in [6, 6.07) is 20.9. The molecule has 3 aromatic rings. The van der Waals surface area contributed by atoms with Gasteiger partial charge in [-0.25, -0.2) is 0 Å². The molecule has 0 aliphatic heterocycles. The number of nitrogens with one attached hydrogen (secondary N) is 2. The van der Waals surface area contributed by atoms with Crippen molar-refractivity contribution in [2.75, 3.05) is 5.32 Å². The highest BCUT2D eigenvalue weighted by molar-refractivity contribution is 6.36. The van der Waals surface area contributed by atoms with Gasteiger partial charge in [-0.15, -0.1) is 0 Å². The molecule has 0 spiro atoms. The fourth-order valence-electron chi connectivity index (χ4n) is 2.44. The van der Waals surface area contributed by atoms with Crippen molar-refractivity contribution in [1.29, 1.82) is 0 Å². The Hall–Kier alpha value is -2.82. The lowest BCUT2D eigenvalue weighted by Gasteiger charge is -2.09. The van der Waals surface area contributed by atoms with E-state index in [1.807, 2.05) is 30.3 Å². The maximum atomic E-state index is 12.3. The van der Waals surface area contributed by atoms with Crippen molar-refractivity contribution in [2.24, 2.45) is 0 Å². The summed E-state index contributed by atoms with van der Waals surface area (Å²) in [5.74, 6) is -0.526. The molecule has 0 atom stereocenters. The lowest BCUT2D eigenvalue weighted by molar-refractivity contribution is 0.0949. The molecule has 2 amide bonds. The Kier molecular flexibility index (Phi) is 6.12. The van der Waals surface area contributed by atoms with Gasteiger partial charge in [0.1, 0.15) is 0 Å². The molecule has 3 aromatic carbocycles. The highest BCUT2D eigenvalue weighted by atomic mass is 35.5. The van der Waals surface area contributed by atoms with Crippen LogP contribution in [0.2, 0.25) is 10.0 Å². The van der Waals surface area contributed by atoms with Gasteiger partial charge in [0.15, 0.2) is 0 Å². The number of halogens is 2. The number of rotatable bonds is 5. The van der Waals surface area contributed by atoms with Gasteiger partial charge in [0.05, 0.1) is 10.7 Å². The molecule has 0 aliphatic rings. The van der Waals surface area contributed by atoms with Crippen LogP contribution in [-0.2, 0) is 6.54 Å². The molecule has 6 heteroatoms. The number of carbonyl (C=O) groups excluding carboxylic acids is 2. The molecule has 2 N–H and O–H groups in total. The molecule has 0 unspecified atom stereocenters. The molecular formula is C21H16Cl2N2O2. The summed E-state index contributed by atoms with van der Waals surface area (Å²) in [4.78, 5) is 24.6. The highest BCUT2D eigenvalue weighted by Crippen LogP contribution is 2.25. The van der Waals surface area contributed by atoms with Crippen LogP contribution in [0.3, 0.4) is 0 Å². The molecule has 0 aliphatic carbocycles. The molecule has 3 rings (SSSR count). The molecule has 136 valence electrons. The number of amides is 2. The summed E-state index contributed by atoms with van der Waals surface area (Å²) in [5.41, 5.74) is 2.38. The zero-order valence-corrected chi connectivity index (χ0v) is 15.7. The minimum Gasteiger partial charge on any atom is -0.348 e. The van der Waals surface area contributed by atoms with Gasteiger partial charge in [0, 0.05) is 22.7 Å². The normalized spacial score (nSPS) is 10.3. The third-order valence-corrected chi connectivity index (χ3v) is 4.43. The predicted molar refractivity (Wildman–Crippen MR) is 108 cm³/mol. The second-order valence-corrected chi connectivity index (χ2v) is 6.67. The van der Waals surface area contributed by atoms with Crippen LogP contribution in [-0.4, -0.2) is 11.8 Å². The Labute approximate surface area is 167 Å². The van der Waals surface area contributed by atoms with Crippen LogP contribution in [0.25, 0.3) is 0 Å². The first-order valence-electron chi connectivity index (χ1n) is 8.21. The Balaban J connectivity index is 1.62. The fraction of sp³-hybridized carbons (Fsp3) is 0.0476. The van der Waals surface area contributed by atoms with Crippen LogP contribution in [0.4, 0.5) is 5.69 Å². The van der Waals surface area contributed by atoms with Crippen molar-refractivity contribution in [3.05, 3.63) is 99.5 Å². The minimum absolute atomic E-state index is 0.202. The lowest BCUT2D eigenvalue weighted by atomic mass is 10.1. The van der Waals surface area contributed by atoms with E-state index in [0.717, 1.165) is 5.56 Å². The van der Waals surface area contributed by atoms with E-state index in [0.29, 0.717) is 33.4 Å². The van der Waals surface area contributed by atoms with E-state index in [9.17, 15) is 9.59 Å². The SMILES string of the molecule is O=C(NCc1ccccc1)c1ccc(C(=O)Nc2ccc(Cl)cc2Cl)cc1. The molecule has 27 heavy (non-hydrogen) atoms. The van der Waals surface area contributed by atoms with E-state index in [-0.39, 0.29) is 11.8 Å². The van der Waals surface area contributed by atoms with Gasteiger partial charge in [0.2, 0.25) is 0 Å². The molecule has 0 saturated heterocycles. The molecule has 0 heterocycles. The van der Waals surface area contributed by atoms with Gasteiger partial charge in [-0.1, -0.05) is 53.5 Å². The first-order chi connectivity index (χ1) is 13.0. The Morgan fingerprint density at radius 2 is 1.41 bits per heavy atom. The average molecular weight is 399 g/mol. The number of hydrogen-bond donors (Lipinski definition) is 2. The van der Waals surface area contributed by atoms with Crippen molar-refractivity contribution in [3.63, 3.8) is 0 Å². The summed E-state index contributed by atoms with van der Waals surface area (Å²) in [7, 11) is 0. The van der Waals surface area contributed by atoms with Crippen LogP contribution in [0.5, 0.6) is 0 Å². The first kappa shape index (κ1) is 19.0. The fourth-order valence-corrected chi connectivity index (χ4v) is 2.89. The van der Waals surface area contributed by atoms with Crippen LogP contribution in [0, 0.1) is 0 Å². The second-order valence-electron chi connectivity index (χ2n) is 5.82. The third-order valence-electron chi connectivity index (χ3n) is 3.88. The van der Waals surface area contributed by atoms with Gasteiger partial charge in [-0.3, -0.25) is 9.59 Å². The van der Waals surface area contributed by atoms with Crippen LogP contribution in [0.15, 0.2) is 72.8 Å². The number of hydrogen-bond acceptors (Lipinski definition) is 2. The quantitative estimate of drug-likeness (QED) is 0.622. The van der Waals surface area contributed by atoms with Gasteiger partial charge in [0.25, 0.3) is 11.8 Å². The minimum atomic E-state index is -0.324. The average Bonchev–Trinajstić information content (AvgIpc) is 2.69. The van der Waals surface area contributed by atoms with Crippen LogP contribution in [0.1, 0.15) is 26.3 Å². The van der Waals surface area contributed by atoms with Gasteiger partial charge >= 0.3 is 0 Å². The lowest BCUT2D eigenvalue weighted by Crippen LogP contribution is -2.22. The number of benzene rings is 3. The zero-order chi connectivity index (χ0) is 19.2. The van der Waals surface area contributed by atoms with E-state index >= 15 is 0 Å². The molecular weight excluding hydrogens is 383 g/mol. The summed E-state index contributed by atoms with van der Waals surface area (Å²) < 4.78 is 0. The van der Waals surface area contributed by atoms with E-state index < -0.39 is 0 Å². The molecule has 0 radical (unpaired) electrons. The maximum absolute atomic E-state index is 12.3. The topological polar surface area (TPSA) is 58.2 Å². The molecule has 0 bridgehead atoms. The molecule has 0 fully saturated rings. The summed E-state index contributed by atoms with van der Waals surface area (Å²) >= 11 is 11.9.